The number of aliphatic hydroxyl groups excluding tert-OH is 1. The van der Waals surface area contributed by atoms with E-state index in [0.29, 0.717) is 0 Å². The highest BCUT2D eigenvalue weighted by atomic mass is 16.3. The predicted molar refractivity (Wildman–Crippen MR) is 54.2 cm³/mol. The first-order valence-corrected chi connectivity index (χ1v) is 5.09. The molecule has 0 aliphatic heterocycles. The number of allylic oxidation sites excluding steroid dienone is 1. The first-order valence-electron chi connectivity index (χ1n) is 5.09. The minimum absolute atomic E-state index is 0.248. The Balaban J connectivity index is 3.82. The van der Waals surface area contributed by atoms with Crippen molar-refractivity contribution in [2.24, 2.45) is 0 Å². The fourth-order valence-corrected chi connectivity index (χ4v) is 1.26. The lowest BCUT2D eigenvalue weighted by atomic mass is 10.0. The molecule has 0 fully saturated rings. The number of aliphatic hydroxyl groups is 1. The molecule has 1 unspecified atom stereocenters. The highest BCUT2D eigenvalue weighted by Crippen LogP contribution is 2.12. The molecule has 72 valence electrons. The van der Waals surface area contributed by atoms with Gasteiger partial charge in [-0.15, -0.1) is 0 Å². The zero-order valence-electron chi connectivity index (χ0n) is 8.64. The molecule has 1 nitrogen and oxygen atoms in total. The molecule has 12 heavy (non-hydrogen) atoms. The van der Waals surface area contributed by atoms with Crippen LogP contribution in [0.5, 0.6) is 0 Å². The van der Waals surface area contributed by atoms with E-state index in [1.54, 1.807) is 0 Å². The standard InChI is InChI=1S/C11H22O/c1-4-6-7-9-11(8-5-2)10(3)12/h9-10,12H,4-8H2,1-3H3/b11-9+. The van der Waals surface area contributed by atoms with Crippen molar-refractivity contribution < 1.29 is 5.11 Å². The lowest BCUT2D eigenvalue weighted by molar-refractivity contribution is 0.226. The number of rotatable bonds is 6. The molecular formula is C11H22O. The Morgan fingerprint density at radius 2 is 2.00 bits per heavy atom. The maximum Gasteiger partial charge on any atom is 0.0721 e. The fourth-order valence-electron chi connectivity index (χ4n) is 1.26. The second kappa shape index (κ2) is 7.35. The normalized spacial score (nSPS) is 14.8. The second-order valence-electron chi connectivity index (χ2n) is 3.35. The van der Waals surface area contributed by atoms with Gasteiger partial charge >= 0.3 is 0 Å². The summed E-state index contributed by atoms with van der Waals surface area (Å²) in [5, 5.41) is 9.37. The van der Waals surface area contributed by atoms with Crippen molar-refractivity contribution in [3.05, 3.63) is 11.6 Å². The molecule has 0 saturated heterocycles. The summed E-state index contributed by atoms with van der Waals surface area (Å²) in [5.74, 6) is 0. The minimum Gasteiger partial charge on any atom is -0.389 e. The SMILES string of the molecule is CCCC/C=C(\CCC)C(C)O. The molecule has 0 aromatic rings. The summed E-state index contributed by atoms with van der Waals surface area (Å²) in [6, 6.07) is 0. The average Bonchev–Trinajstić information content (AvgIpc) is 2.03. The van der Waals surface area contributed by atoms with Crippen molar-refractivity contribution in [2.45, 2.75) is 59.0 Å². The second-order valence-corrected chi connectivity index (χ2v) is 3.35. The Kier molecular flexibility index (Phi) is 7.17. The number of unbranched alkanes of at least 4 members (excludes halogenated alkanes) is 2. The van der Waals surface area contributed by atoms with E-state index >= 15 is 0 Å². The molecule has 0 bridgehead atoms. The van der Waals surface area contributed by atoms with Gasteiger partial charge in [0.15, 0.2) is 0 Å². The first kappa shape index (κ1) is 11.7. The van der Waals surface area contributed by atoms with Gasteiger partial charge in [0.05, 0.1) is 6.10 Å². The van der Waals surface area contributed by atoms with Crippen LogP contribution in [0, 0.1) is 0 Å². The van der Waals surface area contributed by atoms with Crippen LogP contribution in [-0.4, -0.2) is 11.2 Å². The van der Waals surface area contributed by atoms with E-state index in [1.807, 2.05) is 6.92 Å². The third-order valence-electron chi connectivity index (χ3n) is 2.04. The van der Waals surface area contributed by atoms with Gasteiger partial charge in [-0.05, 0) is 25.3 Å². The van der Waals surface area contributed by atoms with Crippen LogP contribution in [0.2, 0.25) is 0 Å². The maximum atomic E-state index is 9.37. The molecule has 0 aromatic heterocycles. The van der Waals surface area contributed by atoms with Crippen LogP contribution in [0.1, 0.15) is 52.9 Å². The molecule has 1 heteroatoms. The van der Waals surface area contributed by atoms with Crippen molar-refractivity contribution in [2.75, 3.05) is 0 Å². The summed E-state index contributed by atoms with van der Waals surface area (Å²) < 4.78 is 0. The highest BCUT2D eigenvalue weighted by Gasteiger charge is 2.01. The van der Waals surface area contributed by atoms with Crippen molar-refractivity contribution >= 4 is 0 Å². The summed E-state index contributed by atoms with van der Waals surface area (Å²) >= 11 is 0. The molecule has 1 atom stereocenters. The Hall–Kier alpha value is -0.300. The molecule has 0 saturated carbocycles. The molecule has 0 aliphatic rings. The maximum absolute atomic E-state index is 9.37. The molecule has 0 spiro atoms. The zero-order chi connectivity index (χ0) is 9.40. The average molecular weight is 170 g/mol. The molecule has 0 aromatic carbocycles. The van der Waals surface area contributed by atoms with Crippen molar-refractivity contribution in [3.8, 4) is 0 Å². The van der Waals surface area contributed by atoms with Gasteiger partial charge in [-0.3, -0.25) is 0 Å². The summed E-state index contributed by atoms with van der Waals surface area (Å²) in [7, 11) is 0. The van der Waals surface area contributed by atoms with Crippen molar-refractivity contribution in [1.82, 2.24) is 0 Å². The van der Waals surface area contributed by atoms with Crippen LogP contribution < -0.4 is 0 Å². The van der Waals surface area contributed by atoms with Crippen LogP contribution in [0.25, 0.3) is 0 Å². The molecule has 0 amide bonds. The summed E-state index contributed by atoms with van der Waals surface area (Å²) in [6.45, 7) is 6.19. The van der Waals surface area contributed by atoms with E-state index in [1.165, 1.54) is 18.4 Å². The first-order chi connectivity index (χ1) is 5.72. The Bertz CT molecular complexity index is 125. The van der Waals surface area contributed by atoms with Gasteiger partial charge in [-0.2, -0.15) is 0 Å². The van der Waals surface area contributed by atoms with E-state index in [9.17, 15) is 5.11 Å². The third kappa shape index (κ3) is 5.36. The van der Waals surface area contributed by atoms with Crippen LogP contribution in [0.15, 0.2) is 11.6 Å². The minimum atomic E-state index is -0.248. The van der Waals surface area contributed by atoms with Crippen molar-refractivity contribution in [1.29, 1.82) is 0 Å². The smallest absolute Gasteiger partial charge is 0.0721 e. The van der Waals surface area contributed by atoms with Crippen molar-refractivity contribution in [3.63, 3.8) is 0 Å². The van der Waals surface area contributed by atoms with Gasteiger partial charge in [0, 0.05) is 0 Å². The monoisotopic (exact) mass is 170 g/mol. The van der Waals surface area contributed by atoms with E-state index in [-0.39, 0.29) is 6.10 Å². The molecular weight excluding hydrogens is 148 g/mol. The highest BCUT2D eigenvalue weighted by molar-refractivity contribution is 5.06. The van der Waals surface area contributed by atoms with Gasteiger partial charge in [0.1, 0.15) is 0 Å². The number of hydrogen-bond donors (Lipinski definition) is 1. The third-order valence-corrected chi connectivity index (χ3v) is 2.04. The van der Waals surface area contributed by atoms with Gasteiger partial charge in [-0.1, -0.05) is 39.2 Å². The van der Waals surface area contributed by atoms with Crippen LogP contribution in [0.3, 0.4) is 0 Å². The molecule has 1 N–H and O–H groups in total. The summed E-state index contributed by atoms with van der Waals surface area (Å²) in [5.41, 5.74) is 1.21. The van der Waals surface area contributed by atoms with E-state index in [0.717, 1.165) is 19.3 Å². The molecule has 0 rings (SSSR count). The molecule has 0 heterocycles. The fraction of sp³-hybridized carbons (Fsp3) is 0.818. The summed E-state index contributed by atoms with van der Waals surface area (Å²) in [6.07, 6.45) is 7.72. The quantitative estimate of drug-likeness (QED) is 0.479. The van der Waals surface area contributed by atoms with Crippen LogP contribution in [0.4, 0.5) is 0 Å². The predicted octanol–water partition coefficient (Wildman–Crippen LogP) is 3.28. The van der Waals surface area contributed by atoms with Crippen LogP contribution in [-0.2, 0) is 0 Å². The molecule has 0 aliphatic carbocycles. The van der Waals surface area contributed by atoms with E-state index in [2.05, 4.69) is 19.9 Å². The Morgan fingerprint density at radius 1 is 1.33 bits per heavy atom. The van der Waals surface area contributed by atoms with Crippen LogP contribution >= 0.6 is 0 Å². The van der Waals surface area contributed by atoms with Gasteiger partial charge in [0.2, 0.25) is 0 Å². The Morgan fingerprint density at radius 3 is 2.42 bits per heavy atom. The zero-order valence-corrected chi connectivity index (χ0v) is 8.64. The van der Waals surface area contributed by atoms with Gasteiger partial charge in [-0.25, -0.2) is 0 Å². The Labute approximate surface area is 76.5 Å². The lowest BCUT2D eigenvalue weighted by Gasteiger charge is -2.08. The number of hydrogen-bond acceptors (Lipinski definition) is 1. The summed E-state index contributed by atoms with van der Waals surface area (Å²) in [4.78, 5) is 0. The topological polar surface area (TPSA) is 20.2 Å². The van der Waals surface area contributed by atoms with Gasteiger partial charge < -0.3 is 5.11 Å². The van der Waals surface area contributed by atoms with E-state index in [4.69, 9.17) is 0 Å². The lowest BCUT2D eigenvalue weighted by Crippen LogP contribution is -2.04. The van der Waals surface area contributed by atoms with E-state index < -0.39 is 0 Å². The molecule has 0 radical (unpaired) electrons. The van der Waals surface area contributed by atoms with Gasteiger partial charge in [0.25, 0.3) is 0 Å². The largest absolute Gasteiger partial charge is 0.389 e.